The Bertz CT molecular complexity index is 606. The van der Waals surface area contributed by atoms with Crippen molar-refractivity contribution in [3.05, 3.63) is 35.4 Å². The van der Waals surface area contributed by atoms with Gasteiger partial charge in [0.2, 0.25) is 0 Å². The van der Waals surface area contributed by atoms with Crippen molar-refractivity contribution < 1.29 is 4.39 Å². The zero-order valence-corrected chi connectivity index (χ0v) is 12.0. The molecule has 0 radical (unpaired) electrons. The van der Waals surface area contributed by atoms with Crippen LogP contribution >= 0.6 is 0 Å². The van der Waals surface area contributed by atoms with Crippen molar-refractivity contribution in [1.82, 2.24) is 15.2 Å². The van der Waals surface area contributed by atoms with Crippen LogP contribution in [0.5, 0.6) is 0 Å². The van der Waals surface area contributed by atoms with Crippen LogP contribution in [-0.4, -0.2) is 15.2 Å². The lowest BCUT2D eigenvalue weighted by atomic mass is 9.80. The summed E-state index contributed by atoms with van der Waals surface area (Å²) in [6.07, 6.45) is 5.02. The van der Waals surface area contributed by atoms with Gasteiger partial charge in [0, 0.05) is 11.5 Å². The second-order valence-corrected chi connectivity index (χ2v) is 5.88. The van der Waals surface area contributed by atoms with E-state index in [0.29, 0.717) is 23.2 Å². The fourth-order valence-corrected chi connectivity index (χ4v) is 3.08. The van der Waals surface area contributed by atoms with E-state index in [2.05, 4.69) is 22.1 Å². The Hall–Kier alpha value is -1.71. The van der Waals surface area contributed by atoms with Gasteiger partial charge in [-0.1, -0.05) is 26.2 Å². The molecule has 1 fully saturated rings. The molecule has 0 aliphatic heterocycles. The van der Waals surface area contributed by atoms with Crippen molar-refractivity contribution in [2.45, 2.75) is 45.4 Å². The van der Waals surface area contributed by atoms with E-state index in [1.54, 1.807) is 19.1 Å². The lowest BCUT2D eigenvalue weighted by Gasteiger charge is -2.26. The molecule has 0 spiro atoms. The summed E-state index contributed by atoms with van der Waals surface area (Å²) in [7, 11) is 0. The minimum atomic E-state index is -0.189. The summed E-state index contributed by atoms with van der Waals surface area (Å²) in [4.78, 5) is 4.64. The van der Waals surface area contributed by atoms with Crippen molar-refractivity contribution in [2.75, 3.05) is 0 Å². The molecule has 1 saturated carbocycles. The number of H-pyrrole nitrogens is 1. The van der Waals surface area contributed by atoms with E-state index in [1.807, 2.05) is 0 Å². The van der Waals surface area contributed by atoms with Crippen LogP contribution in [0.3, 0.4) is 0 Å². The topological polar surface area (TPSA) is 41.6 Å². The molecule has 4 heteroatoms. The summed E-state index contributed by atoms with van der Waals surface area (Å²) in [6, 6.07) is 5.01. The number of hydrogen-bond acceptors (Lipinski definition) is 2. The van der Waals surface area contributed by atoms with Crippen LogP contribution in [0, 0.1) is 18.7 Å². The van der Waals surface area contributed by atoms with Gasteiger partial charge >= 0.3 is 0 Å². The van der Waals surface area contributed by atoms with Gasteiger partial charge < -0.3 is 0 Å². The minimum absolute atomic E-state index is 0.189. The summed E-state index contributed by atoms with van der Waals surface area (Å²) in [5.74, 6) is 2.59. The first kappa shape index (κ1) is 13.3. The smallest absolute Gasteiger partial charge is 0.181 e. The minimum Gasteiger partial charge on any atom is -0.262 e. The van der Waals surface area contributed by atoms with Crippen LogP contribution in [0.25, 0.3) is 11.4 Å². The van der Waals surface area contributed by atoms with Gasteiger partial charge in [0.15, 0.2) is 5.82 Å². The molecular formula is C16H20FN3. The molecule has 1 aliphatic carbocycles. The SMILES string of the molecule is Cc1cc(-c2n[nH]c(C3CCCCC3C)n2)ccc1F. The molecule has 2 unspecified atom stereocenters. The highest BCUT2D eigenvalue weighted by Gasteiger charge is 2.25. The van der Waals surface area contributed by atoms with Gasteiger partial charge in [-0.25, -0.2) is 9.37 Å². The number of halogens is 1. The Morgan fingerprint density at radius 3 is 2.80 bits per heavy atom. The van der Waals surface area contributed by atoms with Crippen molar-refractivity contribution >= 4 is 0 Å². The van der Waals surface area contributed by atoms with Crippen LogP contribution in [0.4, 0.5) is 4.39 Å². The predicted octanol–water partition coefficient (Wildman–Crippen LogP) is 4.21. The summed E-state index contributed by atoms with van der Waals surface area (Å²) >= 11 is 0. The second-order valence-electron chi connectivity index (χ2n) is 5.88. The van der Waals surface area contributed by atoms with Crippen LogP contribution in [0.15, 0.2) is 18.2 Å². The maximum atomic E-state index is 13.3. The molecule has 1 aliphatic rings. The van der Waals surface area contributed by atoms with E-state index in [1.165, 1.54) is 31.7 Å². The van der Waals surface area contributed by atoms with E-state index in [4.69, 9.17) is 0 Å². The van der Waals surface area contributed by atoms with Crippen LogP contribution < -0.4 is 0 Å². The second kappa shape index (κ2) is 5.35. The van der Waals surface area contributed by atoms with Crippen LogP contribution in [0.2, 0.25) is 0 Å². The van der Waals surface area contributed by atoms with Gasteiger partial charge in [-0.2, -0.15) is 5.10 Å². The summed E-state index contributed by atoms with van der Waals surface area (Å²) in [6.45, 7) is 4.05. The molecule has 1 heterocycles. The molecule has 106 valence electrons. The summed E-state index contributed by atoms with van der Waals surface area (Å²) in [5, 5.41) is 7.39. The Labute approximate surface area is 118 Å². The number of nitrogens with zero attached hydrogens (tertiary/aromatic N) is 2. The van der Waals surface area contributed by atoms with Gasteiger partial charge in [0.1, 0.15) is 11.6 Å². The Morgan fingerprint density at radius 1 is 1.25 bits per heavy atom. The third-order valence-corrected chi connectivity index (χ3v) is 4.38. The molecule has 2 atom stereocenters. The van der Waals surface area contributed by atoms with Crippen molar-refractivity contribution in [3.63, 3.8) is 0 Å². The third kappa shape index (κ3) is 2.47. The molecule has 3 nitrogen and oxygen atoms in total. The number of rotatable bonds is 2. The fraction of sp³-hybridized carbons (Fsp3) is 0.500. The normalized spacial score (nSPS) is 22.9. The first-order valence-electron chi connectivity index (χ1n) is 7.34. The average molecular weight is 273 g/mol. The lowest BCUT2D eigenvalue weighted by molar-refractivity contribution is 0.320. The molecule has 2 aromatic rings. The molecule has 1 N–H and O–H groups in total. The number of aryl methyl sites for hydroxylation is 1. The first-order chi connectivity index (χ1) is 9.65. The van der Waals surface area contributed by atoms with E-state index >= 15 is 0 Å². The standard InChI is InChI=1S/C16H20FN3/c1-10-5-3-4-6-13(10)16-18-15(19-20-16)12-7-8-14(17)11(2)9-12/h7-10,13H,3-6H2,1-2H3,(H,18,19,20). The van der Waals surface area contributed by atoms with Crippen molar-refractivity contribution in [2.24, 2.45) is 5.92 Å². The third-order valence-electron chi connectivity index (χ3n) is 4.38. The van der Waals surface area contributed by atoms with E-state index in [9.17, 15) is 4.39 Å². The first-order valence-corrected chi connectivity index (χ1v) is 7.34. The molecule has 20 heavy (non-hydrogen) atoms. The van der Waals surface area contributed by atoms with Crippen LogP contribution in [0.1, 0.15) is 49.9 Å². The monoisotopic (exact) mass is 273 g/mol. The van der Waals surface area contributed by atoms with Crippen LogP contribution in [-0.2, 0) is 0 Å². The van der Waals surface area contributed by atoms with E-state index < -0.39 is 0 Å². The summed E-state index contributed by atoms with van der Waals surface area (Å²) in [5.41, 5.74) is 1.50. The number of nitrogens with one attached hydrogen (secondary N) is 1. The molecular weight excluding hydrogens is 253 g/mol. The maximum Gasteiger partial charge on any atom is 0.181 e. The molecule has 0 saturated heterocycles. The van der Waals surface area contributed by atoms with Crippen molar-refractivity contribution in [1.29, 1.82) is 0 Å². The van der Waals surface area contributed by atoms with Gasteiger partial charge in [-0.3, -0.25) is 5.10 Å². The fourth-order valence-electron chi connectivity index (χ4n) is 3.08. The van der Waals surface area contributed by atoms with Gasteiger partial charge in [0.05, 0.1) is 0 Å². The Kier molecular flexibility index (Phi) is 3.55. The predicted molar refractivity (Wildman–Crippen MR) is 76.9 cm³/mol. The number of hydrogen-bond donors (Lipinski definition) is 1. The molecule has 3 rings (SSSR count). The Morgan fingerprint density at radius 2 is 2.05 bits per heavy atom. The highest BCUT2D eigenvalue weighted by Crippen LogP contribution is 2.36. The number of benzene rings is 1. The number of aromatic amines is 1. The van der Waals surface area contributed by atoms with Crippen molar-refractivity contribution in [3.8, 4) is 11.4 Å². The molecule has 0 bridgehead atoms. The largest absolute Gasteiger partial charge is 0.262 e. The highest BCUT2D eigenvalue weighted by molar-refractivity contribution is 5.55. The van der Waals surface area contributed by atoms with E-state index in [0.717, 1.165) is 11.4 Å². The number of aromatic nitrogens is 3. The van der Waals surface area contributed by atoms with Gasteiger partial charge in [-0.15, -0.1) is 0 Å². The zero-order valence-electron chi connectivity index (χ0n) is 12.0. The molecule has 1 aromatic heterocycles. The highest BCUT2D eigenvalue weighted by atomic mass is 19.1. The van der Waals surface area contributed by atoms with Gasteiger partial charge in [-0.05, 0) is 43.0 Å². The lowest BCUT2D eigenvalue weighted by Crippen LogP contribution is -2.16. The van der Waals surface area contributed by atoms with E-state index in [-0.39, 0.29) is 5.82 Å². The average Bonchev–Trinajstić information content (AvgIpc) is 2.92. The Balaban J connectivity index is 1.87. The summed E-state index contributed by atoms with van der Waals surface area (Å²) < 4.78 is 13.3. The maximum absolute atomic E-state index is 13.3. The molecule has 1 aromatic carbocycles. The molecule has 0 amide bonds. The quantitative estimate of drug-likeness (QED) is 0.890. The zero-order chi connectivity index (χ0) is 14.1. The van der Waals surface area contributed by atoms with Gasteiger partial charge in [0.25, 0.3) is 0 Å².